The van der Waals surface area contributed by atoms with E-state index in [2.05, 4.69) is 70.0 Å². The van der Waals surface area contributed by atoms with E-state index >= 15 is 0 Å². The molecule has 4 aromatic heterocycles. The summed E-state index contributed by atoms with van der Waals surface area (Å²) < 4.78 is 4.95. The van der Waals surface area contributed by atoms with Gasteiger partial charge >= 0.3 is 0 Å². The van der Waals surface area contributed by atoms with Gasteiger partial charge in [-0.15, -0.1) is 11.3 Å². The molecule has 0 spiro atoms. The first-order valence-corrected chi connectivity index (χ1v) is 10.1. The number of thiophene rings is 1. The lowest BCUT2D eigenvalue weighted by molar-refractivity contribution is 1.31. The Morgan fingerprint density at radius 1 is 0.714 bits per heavy atom. The third-order valence-corrected chi connectivity index (χ3v) is 6.79. The average molecular weight is 375 g/mol. The fourth-order valence-electron chi connectivity index (χ4n) is 4.49. The second-order valence-electron chi connectivity index (χ2n) is 7.11. The van der Waals surface area contributed by atoms with Crippen LogP contribution in [0.2, 0.25) is 0 Å². The van der Waals surface area contributed by atoms with Crippen molar-refractivity contribution in [3.63, 3.8) is 0 Å². The highest BCUT2D eigenvalue weighted by Crippen LogP contribution is 2.41. The van der Waals surface area contributed by atoms with Crippen molar-refractivity contribution >= 4 is 69.9 Å². The minimum Gasteiger partial charge on any atom is -0.291 e. The third-order valence-electron chi connectivity index (χ3n) is 5.65. The van der Waals surface area contributed by atoms with Crippen molar-refractivity contribution in [1.82, 2.24) is 14.4 Å². The highest BCUT2D eigenvalue weighted by Gasteiger charge is 2.17. The number of fused-ring (bicyclic) bond motifs is 12. The molecule has 0 unspecified atom stereocenters. The monoisotopic (exact) mass is 375 g/mol. The van der Waals surface area contributed by atoms with Gasteiger partial charge in [-0.05, 0) is 35.7 Å². The summed E-state index contributed by atoms with van der Waals surface area (Å²) >= 11 is 1.85. The predicted octanol–water partition coefficient (Wildman–Crippen LogP) is 6.56. The zero-order valence-electron chi connectivity index (χ0n) is 14.8. The molecule has 0 aliphatic heterocycles. The summed E-state index contributed by atoms with van der Waals surface area (Å²) in [6.07, 6.45) is 3.81. The average Bonchev–Trinajstić information content (AvgIpc) is 3.32. The lowest BCUT2D eigenvalue weighted by atomic mass is 10.0. The van der Waals surface area contributed by atoms with Gasteiger partial charge in [-0.3, -0.25) is 9.38 Å². The van der Waals surface area contributed by atoms with Gasteiger partial charge in [0.05, 0.1) is 16.6 Å². The Labute approximate surface area is 163 Å². The molecule has 3 aromatic carbocycles. The fraction of sp³-hybridized carbons (Fsp3) is 0. The van der Waals surface area contributed by atoms with Crippen LogP contribution in [0.15, 0.2) is 79.1 Å². The molecule has 7 aromatic rings. The lowest BCUT2D eigenvalue weighted by Gasteiger charge is -2.10. The number of aromatic nitrogens is 3. The highest BCUT2D eigenvalue weighted by molar-refractivity contribution is 7.26. The van der Waals surface area contributed by atoms with Gasteiger partial charge in [0.15, 0.2) is 0 Å². The Hall–Kier alpha value is -3.50. The lowest BCUT2D eigenvalue weighted by Crippen LogP contribution is -1.92. The topological polar surface area (TPSA) is 30.2 Å². The molecular weight excluding hydrogens is 362 g/mol. The first kappa shape index (κ1) is 14.5. The summed E-state index contributed by atoms with van der Waals surface area (Å²) in [6.45, 7) is 0. The number of rotatable bonds is 0. The van der Waals surface area contributed by atoms with Crippen LogP contribution in [0.1, 0.15) is 0 Å². The molecule has 28 heavy (non-hydrogen) atoms. The Balaban J connectivity index is 1.94. The first-order chi connectivity index (χ1) is 13.9. The normalized spacial score (nSPS) is 12.3. The van der Waals surface area contributed by atoms with Crippen LogP contribution >= 0.6 is 11.3 Å². The minimum atomic E-state index is 0.972. The van der Waals surface area contributed by atoms with E-state index in [1.165, 1.54) is 36.5 Å². The maximum atomic E-state index is 4.99. The highest BCUT2D eigenvalue weighted by atomic mass is 32.1. The van der Waals surface area contributed by atoms with E-state index in [0.29, 0.717) is 0 Å². The van der Waals surface area contributed by atoms with Gasteiger partial charge in [0.25, 0.3) is 0 Å². The zero-order chi connectivity index (χ0) is 18.2. The number of benzene rings is 3. The number of imidazole rings is 1. The molecule has 130 valence electrons. The summed E-state index contributed by atoms with van der Waals surface area (Å²) in [4.78, 5) is 9.38. The van der Waals surface area contributed by atoms with Crippen molar-refractivity contribution in [3.8, 4) is 0 Å². The Morgan fingerprint density at radius 2 is 1.61 bits per heavy atom. The van der Waals surface area contributed by atoms with Crippen LogP contribution in [-0.4, -0.2) is 14.4 Å². The standard InChI is InChI=1S/C24H13N3S/c1-4-8-20-16(5-1)22-21(28-20)10-9-15-14-11-12-25-13-17(14)24-26-18-6-2-3-7-19(18)27(24)23(15)22/h1-13H. The van der Waals surface area contributed by atoms with Gasteiger partial charge in [0.2, 0.25) is 0 Å². The molecule has 4 heterocycles. The molecule has 0 fully saturated rings. The second kappa shape index (κ2) is 5.06. The second-order valence-corrected chi connectivity index (χ2v) is 8.20. The predicted molar refractivity (Wildman–Crippen MR) is 118 cm³/mol. The Bertz CT molecular complexity index is 1720. The quantitative estimate of drug-likeness (QED) is 0.281. The van der Waals surface area contributed by atoms with Crippen molar-refractivity contribution in [3.05, 3.63) is 79.1 Å². The molecule has 0 aliphatic carbocycles. The van der Waals surface area contributed by atoms with E-state index in [1.54, 1.807) is 0 Å². The zero-order valence-corrected chi connectivity index (χ0v) is 15.6. The number of para-hydroxylation sites is 2. The van der Waals surface area contributed by atoms with Gasteiger partial charge in [-0.2, -0.15) is 0 Å². The maximum Gasteiger partial charge on any atom is 0.147 e. The molecular formula is C24H13N3S. The maximum absolute atomic E-state index is 4.99. The summed E-state index contributed by atoms with van der Waals surface area (Å²) in [5.74, 6) is 0. The molecule has 0 saturated heterocycles. The number of hydrogen-bond acceptors (Lipinski definition) is 3. The van der Waals surface area contributed by atoms with Crippen molar-refractivity contribution in [2.45, 2.75) is 0 Å². The van der Waals surface area contributed by atoms with Gasteiger partial charge in [-0.25, -0.2) is 4.98 Å². The summed E-state index contributed by atoms with van der Waals surface area (Å²) in [5.41, 5.74) is 4.35. The molecule has 4 heteroatoms. The van der Waals surface area contributed by atoms with E-state index < -0.39 is 0 Å². The Morgan fingerprint density at radius 3 is 2.61 bits per heavy atom. The largest absolute Gasteiger partial charge is 0.291 e. The van der Waals surface area contributed by atoms with E-state index in [4.69, 9.17) is 4.98 Å². The number of pyridine rings is 2. The van der Waals surface area contributed by atoms with Crippen LogP contribution in [-0.2, 0) is 0 Å². The van der Waals surface area contributed by atoms with E-state index in [-0.39, 0.29) is 0 Å². The van der Waals surface area contributed by atoms with E-state index in [9.17, 15) is 0 Å². The van der Waals surface area contributed by atoms with Crippen molar-refractivity contribution in [2.75, 3.05) is 0 Å². The van der Waals surface area contributed by atoms with Crippen LogP contribution in [0.25, 0.3) is 58.5 Å². The van der Waals surface area contributed by atoms with Crippen LogP contribution in [0, 0.1) is 0 Å². The molecule has 3 nitrogen and oxygen atoms in total. The molecule has 0 aliphatic rings. The molecule has 0 radical (unpaired) electrons. The van der Waals surface area contributed by atoms with Gasteiger partial charge < -0.3 is 0 Å². The first-order valence-electron chi connectivity index (χ1n) is 9.27. The van der Waals surface area contributed by atoms with Gasteiger partial charge in [0, 0.05) is 43.3 Å². The van der Waals surface area contributed by atoms with Crippen LogP contribution < -0.4 is 0 Å². The van der Waals surface area contributed by atoms with Crippen molar-refractivity contribution < 1.29 is 0 Å². The molecule has 0 saturated carbocycles. The van der Waals surface area contributed by atoms with Crippen LogP contribution in [0.5, 0.6) is 0 Å². The fourth-order valence-corrected chi connectivity index (χ4v) is 5.60. The van der Waals surface area contributed by atoms with Crippen LogP contribution in [0.4, 0.5) is 0 Å². The van der Waals surface area contributed by atoms with Crippen molar-refractivity contribution in [2.24, 2.45) is 0 Å². The van der Waals surface area contributed by atoms with Crippen LogP contribution in [0.3, 0.4) is 0 Å². The molecule has 0 N–H and O–H groups in total. The minimum absolute atomic E-state index is 0.972. The Kier molecular flexibility index (Phi) is 2.63. The number of hydrogen-bond donors (Lipinski definition) is 0. The SMILES string of the molecule is c1ccc2c(c1)nc1c3cnccc3c3ccc4sc5ccccc5c4c3n21. The third kappa shape index (κ3) is 1.69. The summed E-state index contributed by atoms with van der Waals surface area (Å²) in [6, 6.07) is 23.7. The molecule has 0 atom stereocenters. The molecule has 0 amide bonds. The summed E-state index contributed by atoms with van der Waals surface area (Å²) in [7, 11) is 0. The van der Waals surface area contributed by atoms with E-state index in [1.807, 2.05) is 29.8 Å². The summed E-state index contributed by atoms with van der Waals surface area (Å²) in [5, 5.41) is 6.14. The van der Waals surface area contributed by atoms with Gasteiger partial charge in [0.1, 0.15) is 5.65 Å². The van der Waals surface area contributed by atoms with Crippen molar-refractivity contribution in [1.29, 1.82) is 0 Å². The molecule has 0 bridgehead atoms. The number of nitrogens with zero attached hydrogens (tertiary/aromatic N) is 3. The molecule has 7 rings (SSSR count). The van der Waals surface area contributed by atoms with E-state index in [0.717, 1.165) is 22.1 Å². The van der Waals surface area contributed by atoms with Gasteiger partial charge in [-0.1, -0.05) is 36.4 Å². The smallest absolute Gasteiger partial charge is 0.147 e.